The van der Waals surface area contributed by atoms with Crippen LogP contribution in [0.2, 0.25) is 0 Å². The summed E-state index contributed by atoms with van der Waals surface area (Å²) in [6.45, 7) is 9.50. The summed E-state index contributed by atoms with van der Waals surface area (Å²) < 4.78 is 0. The van der Waals surface area contributed by atoms with Crippen molar-refractivity contribution in [3.05, 3.63) is 0 Å². The Balaban J connectivity index is 0.00000225. The van der Waals surface area contributed by atoms with Crippen molar-refractivity contribution in [2.24, 2.45) is 4.99 Å². The van der Waals surface area contributed by atoms with E-state index in [-0.39, 0.29) is 23.1 Å². The smallest absolute Gasteiger partial charge is 0.191 e. The molecular weight excluding hydrogens is 272 g/mol. The zero-order valence-corrected chi connectivity index (χ0v) is 11.8. The van der Waals surface area contributed by atoms with E-state index in [9.17, 15) is 5.11 Å². The number of nitrogens with one attached hydrogen (secondary N) is 2. The molecule has 1 aliphatic rings. The quantitative estimate of drug-likeness (QED) is 0.658. The highest BCUT2D eigenvalue weighted by Gasteiger charge is 2.10. The predicted octanol–water partition coefficient (Wildman–Crippen LogP) is -0.184. The zero-order chi connectivity index (χ0) is 11.1. The number of rotatable bonds is 5. The maximum absolute atomic E-state index is 9.21. The zero-order valence-electron chi connectivity index (χ0n) is 10.1. The Hall–Kier alpha value is -0.330. The third kappa shape index (κ3) is 5.67. The highest BCUT2D eigenvalue weighted by Crippen LogP contribution is 1.89. The molecule has 96 valence electrons. The number of aliphatic hydroxyl groups excluding tert-OH is 1. The van der Waals surface area contributed by atoms with E-state index >= 15 is 0 Å². The maximum atomic E-state index is 9.21. The van der Waals surface area contributed by atoms with Crippen molar-refractivity contribution in [3.63, 3.8) is 0 Å². The van der Waals surface area contributed by atoms with Gasteiger partial charge in [-0.3, -0.25) is 4.99 Å². The Bertz CT molecular complexity index is 209. The van der Waals surface area contributed by atoms with Crippen LogP contribution >= 0.6 is 17.0 Å². The van der Waals surface area contributed by atoms with Gasteiger partial charge in [-0.1, -0.05) is 13.8 Å². The molecule has 0 spiro atoms. The minimum Gasteiger partial charge on any atom is -0.389 e. The monoisotopic (exact) mass is 294 g/mol. The van der Waals surface area contributed by atoms with Gasteiger partial charge in [0.15, 0.2) is 5.96 Å². The topological polar surface area (TPSA) is 59.9 Å². The first-order valence-corrected chi connectivity index (χ1v) is 5.68. The molecular formula is C10H23BrN4O. The van der Waals surface area contributed by atoms with Crippen LogP contribution in [-0.2, 0) is 0 Å². The number of aliphatic imine (C=N–C) groups is 1. The van der Waals surface area contributed by atoms with Crippen LogP contribution in [0.5, 0.6) is 0 Å². The molecule has 0 saturated carbocycles. The van der Waals surface area contributed by atoms with Crippen LogP contribution in [-0.4, -0.2) is 61.3 Å². The second-order valence-electron chi connectivity index (χ2n) is 3.68. The third-order valence-electron chi connectivity index (χ3n) is 2.58. The first-order chi connectivity index (χ1) is 7.26. The van der Waals surface area contributed by atoms with Crippen LogP contribution in [0.4, 0.5) is 0 Å². The van der Waals surface area contributed by atoms with E-state index in [1.165, 1.54) is 0 Å². The minimum atomic E-state index is -0.335. The summed E-state index contributed by atoms with van der Waals surface area (Å²) in [4.78, 5) is 6.54. The molecule has 5 nitrogen and oxygen atoms in total. The van der Waals surface area contributed by atoms with E-state index in [0.29, 0.717) is 13.1 Å². The highest BCUT2D eigenvalue weighted by atomic mass is 79.9. The van der Waals surface area contributed by atoms with E-state index in [1.54, 1.807) is 0 Å². The molecule has 6 heteroatoms. The van der Waals surface area contributed by atoms with Crippen molar-refractivity contribution < 1.29 is 5.11 Å². The fourth-order valence-corrected chi connectivity index (χ4v) is 1.52. The molecule has 0 aliphatic carbocycles. The summed E-state index contributed by atoms with van der Waals surface area (Å²) in [5.41, 5.74) is 0. The van der Waals surface area contributed by atoms with Gasteiger partial charge in [-0.05, 0) is 13.1 Å². The molecule has 1 aliphatic heterocycles. The second kappa shape index (κ2) is 8.78. The number of hydrogen-bond donors (Lipinski definition) is 3. The summed E-state index contributed by atoms with van der Waals surface area (Å²) in [6.07, 6.45) is -0.335. The van der Waals surface area contributed by atoms with Crippen LogP contribution in [0.25, 0.3) is 0 Å². The van der Waals surface area contributed by atoms with E-state index in [2.05, 4.69) is 34.4 Å². The number of aliphatic hydroxyl groups is 1. The standard InChI is InChI=1S/C10H22N4O.BrH/c1-3-14(4-2)6-5-11-10-12-7-9(15)8-13-10;/h9,15H,3-8H2,1-2H3,(H2,11,12,13);1H. The second-order valence-corrected chi connectivity index (χ2v) is 3.68. The molecule has 0 saturated heterocycles. The molecule has 0 radical (unpaired) electrons. The molecule has 0 bridgehead atoms. The van der Waals surface area contributed by atoms with Gasteiger partial charge >= 0.3 is 0 Å². The third-order valence-corrected chi connectivity index (χ3v) is 2.58. The first-order valence-electron chi connectivity index (χ1n) is 5.68. The largest absolute Gasteiger partial charge is 0.389 e. The Morgan fingerprint density at radius 3 is 2.69 bits per heavy atom. The Kier molecular flexibility index (Phi) is 8.60. The van der Waals surface area contributed by atoms with Gasteiger partial charge in [0.25, 0.3) is 0 Å². The van der Waals surface area contributed by atoms with Crippen LogP contribution in [0.3, 0.4) is 0 Å². The van der Waals surface area contributed by atoms with Crippen molar-refractivity contribution in [1.29, 1.82) is 0 Å². The molecule has 1 unspecified atom stereocenters. The van der Waals surface area contributed by atoms with Gasteiger partial charge in [0, 0.05) is 19.6 Å². The van der Waals surface area contributed by atoms with Crippen molar-refractivity contribution in [2.75, 3.05) is 39.3 Å². The average molecular weight is 295 g/mol. The fraction of sp³-hybridized carbons (Fsp3) is 0.900. The van der Waals surface area contributed by atoms with Crippen LogP contribution < -0.4 is 10.6 Å². The summed E-state index contributed by atoms with van der Waals surface area (Å²) in [6, 6.07) is 0. The number of halogens is 1. The predicted molar refractivity (Wildman–Crippen MR) is 72.4 cm³/mol. The lowest BCUT2D eigenvalue weighted by Crippen LogP contribution is -2.47. The SMILES string of the molecule is Br.CCN(CC)CCNC1=NCC(O)CN1. The van der Waals surface area contributed by atoms with Gasteiger partial charge in [-0.2, -0.15) is 0 Å². The van der Waals surface area contributed by atoms with E-state index in [1.807, 2.05) is 0 Å². The number of guanidine groups is 1. The molecule has 0 fully saturated rings. The molecule has 1 atom stereocenters. The van der Waals surface area contributed by atoms with Crippen molar-refractivity contribution in [2.45, 2.75) is 20.0 Å². The summed E-state index contributed by atoms with van der Waals surface area (Å²) in [7, 11) is 0. The number of nitrogens with zero attached hydrogens (tertiary/aromatic N) is 2. The lowest BCUT2D eigenvalue weighted by atomic mass is 10.3. The van der Waals surface area contributed by atoms with E-state index < -0.39 is 0 Å². The number of likely N-dealkylation sites (N-methyl/N-ethyl adjacent to an activating group) is 1. The molecule has 1 heterocycles. The molecule has 3 N–H and O–H groups in total. The van der Waals surface area contributed by atoms with Gasteiger partial charge in [0.2, 0.25) is 0 Å². The van der Waals surface area contributed by atoms with Gasteiger partial charge in [-0.15, -0.1) is 17.0 Å². The molecule has 16 heavy (non-hydrogen) atoms. The lowest BCUT2D eigenvalue weighted by Gasteiger charge is -2.22. The van der Waals surface area contributed by atoms with E-state index in [0.717, 1.165) is 32.1 Å². The summed E-state index contributed by atoms with van der Waals surface area (Å²) in [5, 5.41) is 15.5. The summed E-state index contributed by atoms with van der Waals surface area (Å²) >= 11 is 0. The molecule has 1 rings (SSSR count). The summed E-state index contributed by atoms with van der Waals surface area (Å²) in [5.74, 6) is 0.812. The van der Waals surface area contributed by atoms with Crippen molar-refractivity contribution in [3.8, 4) is 0 Å². The van der Waals surface area contributed by atoms with Crippen LogP contribution in [0.1, 0.15) is 13.8 Å². The Labute approximate surface area is 108 Å². The molecule has 0 aromatic rings. The van der Waals surface area contributed by atoms with Gasteiger partial charge < -0.3 is 20.6 Å². The average Bonchev–Trinajstić information content (AvgIpc) is 2.27. The van der Waals surface area contributed by atoms with Crippen molar-refractivity contribution in [1.82, 2.24) is 15.5 Å². The molecule has 0 amide bonds. The minimum absolute atomic E-state index is 0. The van der Waals surface area contributed by atoms with Crippen molar-refractivity contribution >= 4 is 22.9 Å². The van der Waals surface area contributed by atoms with Gasteiger partial charge in [-0.25, -0.2) is 0 Å². The Morgan fingerprint density at radius 2 is 2.19 bits per heavy atom. The fourth-order valence-electron chi connectivity index (χ4n) is 1.52. The lowest BCUT2D eigenvalue weighted by molar-refractivity contribution is 0.180. The maximum Gasteiger partial charge on any atom is 0.191 e. The van der Waals surface area contributed by atoms with Gasteiger partial charge in [0.05, 0.1) is 12.6 Å². The molecule has 0 aromatic carbocycles. The number of hydrogen-bond acceptors (Lipinski definition) is 5. The van der Waals surface area contributed by atoms with E-state index in [4.69, 9.17) is 0 Å². The first kappa shape index (κ1) is 15.7. The molecule has 0 aromatic heterocycles. The van der Waals surface area contributed by atoms with Crippen LogP contribution in [0, 0.1) is 0 Å². The van der Waals surface area contributed by atoms with Gasteiger partial charge in [0.1, 0.15) is 0 Å². The highest BCUT2D eigenvalue weighted by molar-refractivity contribution is 8.93. The Morgan fingerprint density at radius 1 is 1.50 bits per heavy atom. The van der Waals surface area contributed by atoms with Crippen LogP contribution in [0.15, 0.2) is 4.99 Å². The normalized spacial score (nSPS) is 19.8. The number of β-amino-alcohol motifs (C(OH)–C–C–N with tert-alkyl or cyclic N) is 1.